The second-order valence-corrected chi connectivity index (χ2v) is 4.79. The molecule has 0 bridgehead atoms. The molecule has 3 heteroatoms. The molecule has 0 saturated heterocycles. The summed E-state index contributed by atoms with van der Waals surface area (Å²) in [4.78, 5) is 11.6. The summed E-state index contributed by atoms with van der Waals surface area (Å²) < 4.78 is 5.79. The van der Waals surface area contributed by atoms with Gasteiger partial charge in [0.05, 0.1) is 12.7 Å². The molecule has 0 fully saturated rings. The Balaban J connectivity index is 2.34. The molecule has 2 nitrogen and oxygen atoms in total. The molecule has 0 aliphatic rings. The van der Waals surface area contributed by atoms with Crippen molar-refractivity contribution in [1.82, 2.24) is 0 Å². The Hall–Kier alpha value is -1.87. The van der Waals surface area contributed by atoms with Gasteiger partial charge in [-0.05, 0) is 23.3 Å². The topological polar surface area (TPSA) is 26.3 Å². The fourth-order valence-electron chi connectivity index (χ4n) is 1.73. The summed E-state index contributed by atoms with van der Waals surface area (Å²) >= 11 is 3.49. The van der Waals surface area contributed by atoms with Gasteiger partial charge in [0.15, 0.2) is 0 Å². The number of ether oxygens (including phenoxy) is 1. The van der Waals surface area contributed by atoms with E-state index < -0.39 is 0 Å². The van der Waals surface area contributed by atoms with Crippen LogP contribution < -0.4 is 0 Å². The van der Waals surface area contributed by atoms with Crippen LogP contribution in [-0.4, -0.2) is 13.1 Å². The van der Waals surface area contributed by atoms with Gasteiger partial charge in [0.1, 0.15) is 0 Å². The molecule has 0 saturated carbocycles. The number of hydrogen-bond acceptors (Lipinski definition) is 2. The zero-order valence-corrected chi connectivity index (χ0v) is 12.1. The van der Waals surface area contributed by atoms with E-state index in [0.717, 1.165) is 15.6 Å². The highest BCUT2D eigenvalue weighted by molar-refractivity contribution is 9.10. The Morgan fingerprint density at radius 2 is 1.58 bits per heavy atom. The third-order valence-corrected chi connectivity index (χ3v) is 3.44. The molecule has 0 unspecified atom stereocenters. The van der Waals surface area contributed by atoms with Crippen molar-refractivity contribution in [2.75, 3.05) is 7.11 Å². The van der Waals surface area contributed by atoms with Crippen LogP contribution in [0.2, 0.25) is 0 Å². The molecule has 0 aliphatic carbocycles. The van der Waals surface area contributed by atoms with Crippen molar-refractivity contribution >= 4 is 34.1 Å². The van der Waals surface area contributed by atoms with Crippen LogP contribution in [0, 0.1) is 0 Å². The molecule has 0 spiro atoms. The molecule has 0 atom stereocenters. The smallest absolute Gasteiger partial charge is 0.338 e. The standard InChI is InChI=1S/C16H13BrO2/c1-19-16(18)14-8-4-2-6-12(14)10-11-13-7-3-5-9-15(13)17/h2-11H,1H3/b11-10-. The van der Waals surface area contributed by atoms with Crippen LogP contribution in [-0.2, 0) is 4.74 Å². The van der Waals surface area contributed by atoms with Crippen molar-refractivity contribution in [3.63, 3.8) is 0 Å². The van der Waals surface area contributed by atoms with Gasteiger partial charge in [-0.2, -0.15) is 0 Å². The Labute approximate surface area is 120 Å². The maximum atomic E-state index is 11.6. The van der Waals surface area contributed by atoms with Crippen LogP contribution in [0.15, 0.2) is 53.0 Å². The summed E-state index contributed by atoms with van der Waals surface area (Å²) in [6, 6.07) is 15.3. The maximum Gasteiger partial charge on any atom is 0.338 e. The number of benzene rings is 2. The number of halogens is 1. The minimum absolute atomic E-state index is 0.327. The number of hydrogen-bond donors (Lipinski definition) is 0. The fourth-order valence-corrected chi connectivity index (χ4v) is 2.14. The molecular weight excluding hydrogens is 304 g/mol. The van der Waals surface area contributed by atoms with E-state index in [-0.39, 0.29) is 5.97 Å². The highest BCUT2D eigenvalue weighted by Crippen LogP contribution is 2.20. The lowest BCUT2D eigenvalue weighted by molar-refractivity contribution is 0.0600. The number of methoxy groups -OCH3 is 1. The highest BCUT2D eigenvalue weighted by atomic mass is 79.9. The molecular formula is C16H13BrO2. The van der Waals surface area contributed by atoms with E-state index in [9.17, 15) is 4.79 Å². The molecule has 0 heterocycles. The van der Waals surface area contributed by atoms with Gasteiger partial charge in [0.2, 0.25) is 0 Å². The predicted octanol–water partition coefficient (Wildman–Crippen LogP) is 4.41. The van der Waals surface area contributed by atoms with Crippen molar-refractivity contribution in [3.05, 3.63) is 69.7 Å². The Bertz CT molecular complexity index is 618. The molecule has 0 radical (unpaired) electrons. The molecule has 0 aliphatic heterocycles. The molecule has 96 valence electrons. The van der Waals surface area contributed by atoms with Gasteiger partial charge in [-0.1, -0.05) is 64.5 Å². The molecule has 2 rings (SSSR count). The summed E-state index contributed by atoms with van der Waals surface area (Å²) in [5, 5.41) is 0. The maximum absolute atomic E-state index is 11.6. The van der Waals surface area contributed by atoms with Gasteiger partial charge in [-0.25, -0.2) is 4.79 Å². The number of rotatable bonds is 3. The van der Waals surface area contributed by atoms with E-state index >= 15 is 0 Å². The van der Waals surface area contributed by atoms with Crippen LogP contribution in [0.4, 0.5) is 0 Å². The Kier molecular flexibility index (Phi) is 4.53. The summed E-state index contributed by atoms with van der Waals surface area (Å²) in [6.45, 7) is 0. The van der Waals surface area contributed by atoms with Gasteiger partial charge in [-0.3, -0.25) is 0 Å². The largest absolute Gasteiger partial charge is 0.465 e. The lowest BCUT2D eigenvalue weighted by atomic mass is 10.1. The third-order valence-electron chi connectivity index (χ3n) is 2.71. The van der Waals surface area contributed by atoms with Crippen molar-refractivity contribution in [1.29, 1.82) is 0 Å². The lowest BCUT2D eigenvalue weighted by Gasteiger charge is -2.03. The number of carbonyl (C=O) groups is 1. The molecule has 2 aromatic rings. The number of carbonyl (C=O) groups excluding carboxylic acids is 1. The summed E-state index contributed by atoms with van der Waals surface area (Å²) in [5.74, 6) is -0.327. The summed E-state index contributed by atoms with van der Waals surface area (Å²) in [6.07, 6.45) is 3.87. The van der Waals surface area contributed by atoms with Crippen LogP contribution >= 0.6 is 15.9 Å². The van der Waals surface area contributed by atoms with E-state index in [2.05, 4.69) is 15.9 Å². The molecule has 0 aromatic heterocycles. The van der Waals surface area contributed by atoms with E-state index in [1.807, 2.05) is 54.6 Å². The third kappa shape index (κ3) is 3.32. The SMILES string of the molecule is COC(=O)c1ccccc1/C=C\c1ccccc1Br. The molecule has 0 N–H and O–H groups in total. The second-order valence-electron chi connectivity index (χ2n) is 3.93. The molecule has 0 amide bonds. The average Bonchev–Trinajstić information content (AvgIpc) is 2.46. The lowest BCUT2D eigenvalue weighted by Crippen LogP contribution is -2.02. The quantitative estimate of drug-likeness (QED) is 0.619. The number of esters is 1. The Morgan fingerprint density at radius 1 is 1.00 bits per heavy atom. The van der Waals surface area contributed by atoms with Crippen molar-refractivity contribution in [3.8, 4) is 0 Å². The zero-order valence-electron chi connectivity index (χ0n) is 10.5. The Morgan fingerprint density at radius 3 is 2.26 bits per heavy atom. The average molecular weight is 317 g/mol. The first kappa shape index (κ1) is 13.6. The van der Waals surface area contributed by atoms with Crippen molar-refractivity contribution in [2.45, 2.75) is 0 Å². The zero-order chi connectivity index (χ0) is 13.7. The van der Waals surface area contributed by atoms with Gasteiger partial charge >= 0.3 is 5.97 Å². The monoisotopic (exact) mass is 316 g/mol. The molecule has 19 heavy (non-hydrogen) atoms. The predicted molar refractivity (Wildman–Crippen MR) is 80.9 cm³/mol. The fraction of sp³-hybridized carbons (Fsp3) is 0.0625. The summed E-state index contributed by atoms with van der Waals surface area (Å²) in [7, 11) is 1.39. The minimum atomic E-state index is -0.327. The van der Waals surface area contributed by atoms with E-state index in [1.165, 1.54) is 7.11 Å². The van der Waals surface area contributed by atoms with Crippen molar-refractivity contribution in [2.24, 2.45) is 0 Å². The highest BCUT2D eigenvalue weighted by Gasteiger charge is 2.08. The van der Waals surface area contributed by atoms with Crippen LogP contribution in [0.3, 0.4) is 0 Å². The first-order valence-electron chi connectivity index (χ1n) is 5.82. The van der Waals surface area contributed by atoms with Crippen molar-refractivity contribution < 1.29 is 9.53 Å². The van der Waals surface area contributed by atoms with Crippen LogP contribution in [0.25, 0.3) is 12.2 Å². The van der Waals surface area contributed by atoms with Gasteiger partial charge < -0.3 is 4.74 Å². The van der Waals surface area contributed by atoms with Crippen LogP contribution in [0.1, 0.15) is 21.5 Å². The normalized spacial score (nSPS) is 10.6. The van der Waals surface area contributed by atoms with E-state index in [4.69, 9.17) is 4.74 Å². The van der Waals surface area contributed by atoms with Gasteiger partial charge in [0.25, 0.3) is 0 Å². The first-order valence-corrected chi connectivity index (χ1v) is 6.61. The van der Waals surface area contributed by atoms with E-state index in [0.29, 0.717) is 5.56 Å². The molecule has 2 aromatic carbocycles. The van der Waals surface area contributed by atoms with Gasteiger partial charge in [-0.15, -0.1) is 0 Å². The summed E-state index contributed by atoms with van der Waals surface area (Å²) in [5.41, 5.74) is 2.46. The first-order chi connectivity index (χ1) is 9.22. The van der Waals surface area contributed by atoms with Crippen LogP contribution in [0.5, 0.6) is 0 Å². The minimum Gasteiger partial charge on any atom is -0.465 e. The van der Waals surface area contributed by atoms with E-state index in [1.54, 1.807) is 6.07 Å². The second kappa shape index (κ2) is 6.34. The van der Waals surface area contributed by atoms with Gasteiger partial charge in [0, 0.05) is 4.47 Å².